The summed E-state index contributed by atoms with van der Waals surface area (Å²) in [5, 5.41) is 37.7. The fourth-order valence-electron chi connectivity index (χ4n) is 7.19. The van der Waals surface area contributed by atoms with Crippen molar-refractivity contribution in [3.8, 4) is 0 Å². The van der Waals surface area contributed by atoms with Crippen LogP contribution in [0.15, 0.2) is 170 Å². The first-order chi connectivity index (χ1) is 34.0. The third-order valence-electron chi connectivity index (χ3n) is 10.5. The minimum Gasteiger partial charge on any atom is -0.545 e. The van der Waals surface area contributed by atoms with E-state index in [1.165, 1.54) is 58.3 Å². The van der Waals surface area contributed by atoms with E-state index >= 15 is 0 Å². The van der Waals surface area contributed by atoms with Crippen LogP contribution in [-0.2, 0) is 32.6 Å². The second-order valence-corrected chi connectivity index (χ2v) is 14.6. The third-order valence-corrected chi connectivity index (χ3v) is 10.5. The van der Waals surface area contributed by atoms with Gasteiger partial charge < -0.3 is 30.0 Å². The van der Waals surface area contributed by atoms with Gasteiger partial charge >= 0.3 is 19.5 Å². The summed E-state index contributed by atoms with van der Waals surface area (Å²) in [6, 6.07) is 40.4. The number of nitrogens with zero attached hydrogens (tertiary/aromatic N) is 4. The number of imide groups is 2. The molecule has 6 aromatic carbocycles. The Hall–Kier alpha value is -8.76. The number of hydrogen-bond acceptors (Lipinski definition) is 14. The predicted octanol–water partition coefficient (Wildman–Crippen LogP) is 5.00. The monoisotopic (exact) mass is 1000 g/mol. The number of carbonyl (C=O) groups is 8. The molecule has 0 radical (unpaired) electrons. The second-order valence-electron chi connectivity index (χ2n) is 14.6. The van der Waals surface area contributed by atoms with Crippen LogP contribution in [0.5, 0.6) is 0 Å². The van der Waals surface area contributed by atoms with Gasteiger partial charge in [0.15, 0.2) is 0 Å². The number of aldehydes is 2. The van der Waals surface area contributed by atoms with E-state index in [1.807, 2.05) is 72.8 Å². The van der Waals surface area contributed by atoms with Crippen LogP contribution in [0.1, 0.15) is 94.0 Å². The quantitative estimate of drug-likeness (QED) is 0.115. The van der Waals surface area contributed by atoms with Crippen molar-refractivity contribution in [3.05, 3.63) is 226 Å². The standard InChI is InChI=1S/2C18H12N2O2.2C8H6O3.2CH4O.Zn/c2*21-17-14-5-1-3-13-4-2-6-15(16(13)14)18(22)20(17)11-12-7-9-19-10-8-12;2*9-5-6-1-3-7(4-2-6)8(10)11;2*1-2;/h2*1-10H,11H2;2*1-5H,(H,10,11);2*2H,1H3;/q;;;;;;+2/p-2. The summed E-state index contributed by atoms with van der Waals surface area (Å²) in [7, 11) is 2.00. The molecule has 17 heteroatoms. The molecule has 352 valence electrons. The van der Waals surface area contributed by atoms with Crippen molar-refractivity contribution in [1.29, 1.82) is 0 Å². The van der Waals surface area contributed by atoms with Gasteiger partial charge in [0.2, 0.25) is 0 Å². The zero-order chi connectivity index (χ0) is 50.7. The SMILES string of the molecule is CO.CO.O=C1c2cccc3cccc(c23)C(=O)N1Cc1ccncc1.O=C1c2cccc3cccc(c23)C(=O)N1Cc1ccncc1.O=Cc1ccc(C(=O)[O-])cc1.O=Cc1ccc(C(=O)[O-])cc1.[Zn+2]. The van der Waals surface area contributed by atoms with Crippen molar-refractivity contribution < 1.29 is 78.3 Å². The molecular formula is C54H42N4O12Zn. The topological polar surface area (TPSA) is 255 Å². The van der Waals surface area contributed by atoms with Crippen molar-refractivity contribution in [3.63, 3.8) is 0 Å². The molecule has 0 bridgehead atoms. The fourth-order valence-corrected chi connectivity index (χ4v) is 7.19. The Morgan fingerprint density at radius 3 is 0.958 bits per heavy atom. The van der Waals surface area contributed by atoms with E-state index in [0.29, 0.717) is 46.0 Å². The molecule has 0 spiro atoms. The number of carboxylic acids is 2. The number of benzene rings is 6. The Morgan fingerprint density at radius 1 is 0.451 bits per heavy atom. The summed E-state index contributed by atoms with van der Waals surface area (Å²) >= 11 is 0. The van der Waals surface area contributed by atoms with E-state index in [0.717, 1.165) is 46.9 Å². The van der Waals surface area contributed by atoms with Gasteiger partial charge in [0.25, 0.3) is 23.6 Å². The molecule has 0 saturated carbocycles. The molecule has 8 aromatic rings. The number of carbonyl (C=O) groups excluding carboxylic acids is 8. The molecule has 0 unspecified atom stereocenters. The minimum absolute atomic E-state index is 0. The molecule has 0 fully saturated rings. The molecule has 4 heterocycles. The summed E-state index contributed by atoms with van der Waals surface area (Å²) in [6.45, 7) is 0.510. The van der Waals surface area contributed by atoms with Crippen LogP contribution in [0.4, 0.5) is 0 Å². The smallest absolute Gasteiger partial charge is 0.545 e. The predicted molar refractivity (Wildman–Crippen MR) is 253 cm³/mol. The van der Waals surface area contributed by atoms with Gasteiger partial charge in [-0.05, 0) is 81.6 Å². The number of carboxylic acid groups (broad SMARTS) is 2. The second kappa shape index (κ2) is 26.7. The average Bonchev–Trinajstić information content (AvgIpc) is 3.41. The van der Waals surface area contributed by atoms with Crippen LogP contribution in [0.3, 0.4) is 0 Å². The molecule has 2 N–H and O–H groups in total. The maximum Gasteiger partial charge on any atom is 2.00 e. The molecule has 2 aliphatic heterocycles. The number of aliphatic hydroxyl groups is 2. The number of rotatable bonds is 8. The van der Waals surface area contributed by atoms with Gasteiger partial charge in [0, 0.05) is 83.2 Å². The zero-order valence-electron chi connectivity index (χ0n) is 38.2. The number of aliphatic hydroxyl groups excluding tert-OH is 2. The van der Waals surface area contributed by atoms with Gasteiger partial charge in [-0.15, -0.1) is 0 Å². The Morgan fingerprint density at radius 2 is 0.718 bits per heavy atom. The van der Waals surface area contributed by atoms with Crippen molar-refractivity contribution >= 4 is 69.7 Å². The van der Waals surface area contributed by atoms with Crippen LogP contribution >= 0.6 is 0 Å². The molecule has 4 amide bonds. The molecule has 0 aliphatic carbocycles. The summed E-state index contributed by atoms with van der Waals surface area (Å²) in [6.07, 6.45) is 7.93. The normalized spacial score (nSPS) is 11.5. The minimum atomic E-state index is -1.23. The van der Waals surface area contributed by atoms with Gasteiger partial charge in [-0.1, -0.05) is 97.1 Å². The van der Waals surface area contributed by atoms with E-state index in [-0.39, 0.29) is 67.3 Å². The van der Waals surface area contributed by atoms with Gasteiger partial charge in [0.1, 0.15) is 12.6 Å². The van der Waals surface area contributed by atoms with E-state index < -0.39 is 11.9 Å². The zero-order valence-corrected chi connectivity index (χ0v) is 41.2. The van der Waals surface area contributed by atoms with Gasteiger partial charge in [0.05, 0.1) is 25.0 Å². The molecule has 16 nitrogen and oxygen atoms in total. The molecule has 2 aromatic heterocycles. The van der Waals surface area contributed by atoms with Crippen LogP contribution in [0.25, 0.3) is 21.5 Å². The van der Waals surface area contributed by atoms with Crippen LogP contribution in [0, 0.1) is 0 Å². The van der Waals surface area contributed by atoms with Crippen LogP contribution in [-0.4, -0.2) is 92.3 Å². The summed E-state index contributed by atoms with van der Waals surface area (Å²) in [5.74, 6) is -3.45. The first-order valence-corrected chi connectivity index (χ1v) is 20.9. The Bertz CT molecular complexity index is 2860. The van der Waals surface area contributed by atoms with Crippen LogP contribution in [0.2, 0.25) is 0 Å². The summed E-state index contributed by atoms with van der Waals surface area (Å²) in [5.41, 5.74) is 5.16. The van der Waals surface area contributed by atoms with Crippen molar-refractivity contribution in [2.24, 2.45) is 0 Å². The number of hydrogen-bond donors (Lipinski definition) is 2. The van der Waals surface area contributed by atoms with Gasteiger partial charge in [-0.25, -0.2) is 0 Å². The number of aromatic nitrogens is 2. The van der Waals surface area contributed by atoms with E-state index in [9.17, 15) is 48.6 Å². The first-order valence-electron chi connectivity index (χ1n) is 20.9. The molecular weight excluding hydrogens is 962 g/mol. The first kappa shape index (κ1) is 54.8. The van der Waals surface area contributed by atoms with Gasteiger partial charge in [-0.3, -0.25) is 48.5 Å². The molecule has 2 aliphatic rings. The van der Waals surface area contributed by atoms with Crippen molar-refractivity contribution in [1.82, 2.24) is 19.8 Å². The number of amides is 4. The maximum absolute atomic E-state index is 12.7. The molecule has 0 saturated heterocycles. The third kappa shape index (κ3) is 13.3. The Labute approximate surface area is 419 Å². The summed E-state index contributed by atoms with van der Waals surface area (Å²) in [4.78, 5) is 102. The van der Waals surface area contributed by atoms with Gasteiger partial charge in [-0.2, -0.15) is 0 Å². The van der Waals surface area contributed by atoms with Crippen molar-refractivity contribution in [2.45, 2.75) is 13.1 Å². The molecule has 0 atom stereocenters. The molecule has 71 heavy (non-hydrogen) atoms. The molecule has 10 rings (SSSR count). The van der Waals surface area contributed by atoms with Crippen molar-refractivity contribution in [2.75, 3.05) is 14.2 Å². The number of aromatic carboxylic acids is 2. The van der Waals surface area contributed by atoms with E-state index in [4.69, 9.17) is 10.2 Å². The summed E-state index contributed by atoms with van der Waals surface area (Å²) < 4.78 is 0. The van der Waals surface area contributed by atoms with Crippen LogP contribution < -0.4 is 10.2 Å². The maximum atomic E-state index is 12.7. The van der Waals surface area contributed by atoms with E-state index in [1.54, 1.807) is 49.1 Å². The Balaban J connectivity index is 0.000000210. The Kier molecular flexibility index (Phi) is 20.6. The number of pyridine rings is 2. The average molecular weight is 1000 g/mol. The largest absolute Gasteiger partial charge is 2.00 e. The van der Waals surface area contributed by atoms with E-state index in [2.05, 4.69) is 9.97 Å². The fraction of sp³-hybridized carbons (Fsp3) is 0.0741.